The number of nitrogens with one attached hydrogen (secondary N) is 1. The average molecular weight is 689 g/mol. The van der Waals surface area contributed by atoms with E-state index in [9.17, 15) is 35.9 Å². The summed E-state index contributed by atoms with van der Waals surface area (Å²) >= 11 is 0. The minimum atomic E-state index is -5.08. The highest BCUT2D eigenvalue weighted by Crippen LogP contribution is 2.28. The predicted octanol–water partition coefficient (Wildman–Crippen LogP) is 6.28. The van der Waals surface area contributed by atoms with Gasteiger partial charge in [0.2, 0.25) is 5.91 Å². The van der Waals surface area contributed by atoms with Crippen molar-refractivity contribution >= 4 is 34.4 Å². The van der Waals surface area contributed by atoms with Crippen LogP contribution in [-0.4, -0.2) is 99.2 Å². The Morgan fingerprint density at radius 2 is 1.42 bits per heavy atom. The number of likely N-dealkylation sites (N-methyl/N-ethyl adjacent to an activating group) is 1. The number of piperazine rings is 1. The maximum Gasteiger partial charge on any atom is 0.490 e. The van der Waals surface area contributed by atoms with Crippen molar-refractivity contribution in [3.8, 4) is 11.3 Å². The highest BCUT2D eigenvalue weighted by Gasteiger charge is 2.39. The van der Waals surface area contributed by atoms with Crippen molar-refractivity contribution in [1.82, 2.24) is 19.8 Å². The first-order chi connectivity index (χ1) is 22.4. The quantitative estimate of drug-likeness (QED) is 0.167. The molecule has 10 nitrogen and oxygen atoms in total. The van der Waals surface area contributed by atoms with Gasteiger partial charge < -0.3 is 25.0 Å². The fraction of sp³-hybridized carbons (Fsp3) is 0.469. The van der Waals surface area contributed by atoms with E-state index in [1.165, 1.54) is 10.8 Å². The number of ketones is 1. The van der Waals surface area contributed by atoms with Crippen molar-refractivity contribution in [1.29, 1.82) is 0 Å². The van der Waals surface area contributed by atoms with E-state index in [4.69, 9.17) is 19.8 Å². The predicted molar refractivity (Wildman–Crippen MR) is 164 cm³/mol. The lowest BCUT2D eigenvalue weighted by Crippen LogP contribution is -2.48. The molecule has 48 heavy (non-hydrogen) atoms. The van der Waals surface area contributed by atoms with Crippen LogP contribution in [0.5, 0.6) is 0 Å². The molecule has 1 atom stereocenters. The van der Waals surface area contributed by atoms with Crippen LogP contribution < -0.4 is 0 Å². The van der Waals surface area contributed by atoms with Crippen LogP contribution in [0.2, 0.25) is 0 Å². The van der Waals surface area contributed by atoms with Crippen molar-refractivity contribution < 1.29 is 55.7 Å². The Bertz CT molecular complexity index is 1490. The van der Waals surface area contributed by atoms with Gasteiger partial charge in [0, 0.05) is 44.6 Å². The van der Waals surface area contributed by atoms with E-state index >= 15 is 0 Å². The Labute approximate surface area is 272 Å². The van der Waals surface area contributed by atoms with Gasteiger partial charge in [0.15, 0.2) is 0 Å². The Morgan fingerprint density at radius 3 is 1.96 bits per heavy atom. The smallest absolute Gasteiger partial charge is 0.475 e. The van der Waals surface area contributed by atoms with Crippen molar-refractivity contribution in [3.05, 3.63) is 54.5 Å². The molecule has 1 saturated heterocycles. The number of imidazole rings is 1. The molecule has 0 spiro atoms. The Kier molecular flexibility index (Phi) is 15.0. The zero-order valence-corrected chi connectivity index (χ0v) is 26.4. The van der Waals surface area contributed by atoms with Crippen LogP contribution in [0.4, 0.5) is 26.3 Å². The maximum absolute atomic E-state index is 13.5. The van der Waals surface area contributed by atoms with E-state index in [2.05, 4.69) is 52.2 Å². The van der Waals surface area contributed by atoms with E-state index in [0.29, 0.717) is 18.6 Å². The van der Waals surface area contributed by atoms with Gasteiger partial charge in [-0.1, -0.05) is 56.2 Å². The van der Waals surface area contributed by atoms with Crippen LogP contribution in [0.15, 0.2) is 48.7 Å². The number of hydrogen-bond donors (Lipinski definition) is 3. The molecule has 1 aliphatic heterocycles. The number of aromatic nitrogens is 2. The summed E-state index contributed by atoms with van der Waals surface area (Å²) in [5, 5.41) is 16.6. The third kappa shape index (κ3) is 13.0. The second-order valence-corrected chi connectivity index (χ2v) is 11.0. The standard InChI is InChI=1S/C28H36N4O2.2C2HF3O2/c1-3-24(33)11-5-4-6-12-25(28(34)32-17-15-31(2)16-18-32)27-29-20-26(30-27)23-14-13-21-9-7-8-10-22(21)19-23;2*3-2(4,5)1(6)7/h7-10,13-14,19-20,25H,3-6,11-12,15-18H2,1-2H3,(H,29,30);2*(H,6,7). The molecule has 1 aliphatic rings. The Morgan fingerprint density at radius 1 is 0.854 bits per heavy atom. The van der Waals surface area contributed by atoms with Crippen molar-refractivity contribution in [2.24, 2.45) is 0 Å². The van der Waals surface area contributed by atoms with Gasteiger partial charge in [0.25, 0.3) is 0 Å². The van der Waals surface area contributed by atoms with E-state index in [1.54, 1.807) is 0 Å². The SMILES string of the molecule is CCC(=O)CCCCCC(C(=O)N1CCN(C)CC1)c1ncc(-c2ccc3ccccc3c2)[nH]1.O=C(O)C(F)(F)F.O=C(O)C(F)(F)F. The summed E-state index contributed by atoms with van der Waals surface area (Å²) in [6, 6.07) is 14.7. The average Bonchev–Trinajstić information content (AvgIpc) is 3.52. The van der Waals surface area contributed by atoms with Gasteiger partial charge in [0.05, 0.1) is 17.8 Å². The molecule has 1 amide bonds. The van der Waals surface area contributed by atoms with E-state index in [0.717, 1.165) is 68.9 Å². The third-order valence-corrected chi connectivity index (χ3v) is 7.43. The number of carboxylic acid groups (broad SMARTS) is 2. The maximum atomic E-state index is 13.5. The molecule has 0 aliphatic carbocycles. The molecule has 3 aromatic rings. The van der Waals surface area contributed by atoms with E-state index < -0.39 is 24.3 Å². The van der Waals surface area contributed by atoms with Crippen LogP contribution in [0.25, 0.3) is 22.0 Å². The fourth-order valence-electron chi connectivity index (χ4n) is 4.67. The second-order valence-electron chi connectivity index (χ2n) is 11.0. The number of benzene rings is 2. The van der Waals surface area contributed by atoms with E-state index in [1.807, 2.05) is 30.2 Å². The third-order valence-electron chi connectivity index (χ3n) is 7.43. The number of alkyl halides is 6. The number of hydrogen-bond acceptors (Lipinski definition) is 6. The van der Waals surface area contributed by atoms with Gasteiger partial charge in [-0.3, -0.25) is 9.59 Å². The molecule has 0 saturated carbocycles. The number of carboxylic acids is 2. The van der Waals surface area contributed by atoms with Gasteiger partial charge in [-0.05, 0) is 36.7 Å². The van der Waals surface area contributed by atoms with Gasteiger partial charge >= 0.3 is 24.3 Å². The lowest BCUT2D eigenvalue weighted by Gasteiger charge is -2.34. The lowest BCUT2D eigenvalue weighted by molar-refractivity contribution is -0.193. The number of unbranched alkanes of at least 4 members (excludes halogenated alkanes) is 2. The Hall–Kier alpha value is -4.47. The second kappa shape index (κ2) is 18.2. The van der Waals surface area contributed by atoms with Crippen LogP contribution in [0, 0.1) is 0 Å². The summed E-state index contributed by atoms with van der Waals surface area (Å²) in [4.78, 5) is 55.3. The highest BCUT2D eigenvalue weighted by atomic mass is 19.4. The highest BCUT2D eigenvalue weighted by molar-refractivity contribution is 5.87. The number of aliphatic carboxylic acids is 2. The first kappa shape index (κ1) is 39.7. The summed E-state index contributed by atoms with van der Waals surface area (Å²) in [6.07, 6.45) is -3.57. The fourth-order valence-corrected chi connectivity index (χ4v) is 4.67. The molecule has 4 rings (SSSR count). The number of amides is 1. The molecule has 0 radical (unpaired) electrons. The number of fused-ring (bicyclic) bond motifs is 1. The molecule has 1 fully saturated rings. The summed E-state index contributed by atoms with van der Waals surface area (Å²) in [7, 11) is 2.10. The van der Waals surface area contributed by atoms with Crippen LogP contribution in [-0.2, 0) is 19.2 Å². The molecule has 264 valence electrons. The number of H-pyrrole nitrogens is 1. The van der Waals surface area contributed by atoms with Crippen LogP contribution in [0.1, 0.15) is 57.2 Å². The van der Waals surface area contributed by atoms with Crippen LogP contribution in [0.3, 0.4) is 0 Å². The van der Waals surface area contributed by atoms with Crippen molar-refractivity contribution in [2.45, 2.75) is 63.7 Å². The zero-order valence-electron chi connectivity index (χ0n) is 26.4. The normalized spacial score (nSPS) is 14.3. The molecule has 0 bridgehead atoms. The summed E-state index contributed by atoms with van der Waals surface area (Å²) in [5.74, 6) is -4.57. The van der Waals surface area contributed by atoms with Gasteiger partial charge in [-0.25, -0.2) is 14.6 Å². The molecular formula is C32H38F6N4O6. The molecule has 3 N–H and O–H groups in total. The van der Waals surface area contributed by atoms with Crippen molar-refractivity contribution in [2.75, 3.05) is 33.2 Å². The first-order valence-corrected chi connectivity index (χ1v) is 15.1. The lowest BCUT2D eigenvalue weighted by atomic mass is 9.97. The molecule has 2 aromatic carbocycles. The number of halogens is 6. The molecular weight excluding hydrogens is 650 g/mol. The van der Waals surface area contributed by atoms with Crippen molar-refractivity contribution in [3.63, 3.8) is 0 Å². The van der Waals surface area contributed by atoms with Gasteiger partial charge in [-0.2, -0.15) is 26.3 Å². The largest absolute Gasteiger partial charge is 0.490 e. The molecule has 2 heterocycles. The van der Waals surface area contributed by atoms with Crippen LogP contribution >= 0.6 is 0 Å². The monoisotopic (exact) mass is 688 g/mol. The number of carbonyl (C=O) groups excluding carboxylic acids is 2. The number of carbonyl (C=O) groups is 4. The molecule has 1 unspecified atom stereocenters. The van der Waals surface area contributed by atoms with Gasteiger partial charge in [-0.15, -0.1) is 0 Å². The summed E-state index contributed by atoms with van der Waals surface area (Å²) < 4.78 is 63.5. The minimum Gasteiger partial charge on any atom is -0.475 e. The summed E-state index contributed by atoms with van der Waals surface area (Å²) in [6.45, 7) is 5.23. The topological polar surface area (TPSA) is 144 Å². The van der Waals surface area contributed by atoms with Gasteiger partial charge in [0.1, 0.15) is 11.6 Å². The number of aromatic amines is 1. The molecule has 16 heteroatoms. The zero-order chi connectivity index (χ0) is 36.1. The first-order valence-electron chi connectivity index (χ1n) is 15.1. The van der Waals surface area contributed by atoms with E-state index in [-0.39, 0.29) is 11.8 Å². The summed E-state index contributed by atoms with van der Waals surface area (Å²) in [5.41, 5.74) is 2.01. The number of rotatable bonds is 10. The minimum absolute atomic E-state index is 0.164. The molecule has 1 aromatic heterocycles. The number of nitrogens with zero attached hydrogens (tertiary/aromatic N) is 3. The number of Topliss-reactive ketones (excluding diaryl/α,β-unsaturated/α-hetero) is 1. The Balaban J connectivity index is 0.000000479.